The molecule has 0 fully saturated rings. The predicted octanol–water partition coefficient (Wildman–Crippen LogP) is 3.12. The fourth-order valence-electron chi connectivity index (χ4n) is 2.78. The van der Waals surface area contributed by atoms with Gasteiger partial charge in [0, 0.05) is 29.7 Å². The van der Waals surface area contributed by atoms with E-state index < -0.39 is 6.04 Å². The third kappa shape index (κ3) is 3.85. The van der Waals surface area contributed by atoms with Gasteiger partial charge in [-0.3, -0.25) is 14.6 Å². The second kappa shape index (κ2) is 7.31. The molecule has 132 valence electrons. The van der Waals surface area contributed by atoms with Crippen molar-refractivity contribution in [3.63, 3.8) is 0 Å². The number of hydrogen-bond donors (Lipinski definition) is 1. The summed E-state index contributed by atoms with van der Waals surface area (Å²) in [5.74, 6) is -0.295. The SMILES string of the molecule is Cc1cc(C)cc(NC(=O)C(C)n2nc(-c3ccncc3)ccc2=O)c1. The van der Waals surface area contributed by atoms with Crippen LogP contribution < -0.4 is 10.9 Å². The van der Waals surface area contributed by atoms with Crippen LogP contribution in [0.2, 0.25) is 0 Å². The molecular weight excluding hydrogens is 328 g/mol. The van der Waals surface area contributed by atoms with Crippen molar-refractivity contribution in [3.8, 4) is 11.3 Å². The van der Waals surface area contributed by atoms with Gasteiger partial charge in [-0.25, -0.2) is 4.68 Å². The Morgan fingerprint density at radius 3 is 2.35 bits per heavy atom. The van der Waals surface area contributed by atoms with Gasteiger partial charge in [-0.05, 0) is 62.2 Å². The Morgan fingerprint density at radius 2 is 1.69 bits per heavy atom. The van der Waals surface area contributed by atoms with E-state index in [0.717, 1.165) is 16.7 Å². The first kappa shape index (κ1) is 17.5. The number of hydrogen-bond acceptors (Lipinski definition) is 4. The molecule has 0 radical (unpaired) electrons. The van der Waals surface area contributed by atoms with E-state index in [1.165, 1.54) is 10.7 Å². The van der Waals surface area contributed by atoms with Gasteiger partial charge in [0.15, 0.2) is 0 Å². The molecule has 0 aliphatic carbocycles. The second-order valence-corrected chi connectivity index (χ2v) is 6.28. The first-order valence-electron chi connectivity index (χ1n) is 8.33. The maximum atomic E-state index is 12.6. The van der Waals surface area contributed by atoms with Crippen LogP contribution in [0, 0.1) is 13.8 Å². The van der Waals surface area contributed by atoms with Crippen LogP contribution in [-0.4, -0.2) is 20.7 Å². The van der Waals surface area contributed by atoms with Crippen LogP contribution in [0.25, 0.3) is 11.3 Å². The van der Waals surface area contributed by atoms with E-state index in [0.29, 0.717) is 11.4 Å². The van der Waals surface area contributed by atoms with Gasteiger partial charge in [-0.1, -0.05) is 6.07 Å². The van der Waals surface area contributed by atoms with E-state index in [1.54, 1.807) is 37.5 Å². The predicted molar refractivity (Wildman–Crippen MR) is 101 cm³/mol. The Morgan fingerprint density at radius 1 is 1.04 bits per heavy atom. The Labute approximate surface area is 151 Å². The maximum Gasteiger partial charge on any atom is 0.267 e. The van der Waals surface area contributed by atoms with Crippen molar-refractivity contribution in [2.24, 2.45) is 0 Å². The summed E-state index contributed by atoms with van der Waals surface area (Å²) in [6.45, 7) is 5.59. The molecule has 6 nitrogen and oxygen atoms in total. The number of aryl methyl sites for hydroxylation is 2. The van der Waals surface area contributed by atoms with Crippen LogP contribution in [0.5, 0.6) is 0 Å². The van der Waals surface area contributed by atoms with Crippen molar-refractivity contribution in [1.82, 2.24) is 14.8 Å². The number of aromatic nitrogens is 3. The summed E-state index contributed by atoms with van der Waals surface area (Å²) >= 11 is 0. The number of amides is 1. The van der Waals surface area contributed by atoms with Crippen LogP contribution in [0.1, 0.15) is 24.1 Å². The normalized spacial score (nSPS) is 11.8. The molecule has 0 aliphatic rings. The number of carbonyl (C=O) groups is 1. The van der Waals surface area contributed by atoms with Gasteiger partial charge in [-0.15, -0.1) is 0 Å². The average molecular weight is 348 g/mol. The minimum atomic E-state index is -0.745. The number of rotatable bonds is 4. The van der Waals surface area contributed by atoms with Gasteiger partial charge in [0.1, 0.15) is 6.04 Å². The van der Waals surface area contributed by atoms with Crippen LogP contribution in [0.15, 0.2) is 59.7 Å². The molecule has 3 rings (SSSR count). The van der Waals surface area contributed by atoms with E-state index in [9.17, 15) is 9.59 Å². The Hall–Kier alpha value is -3.28. The van der Waals surface area contributed by atoms with Crippen LogP contribution in [-0.2, 0) is 4.79 Å². The molecule has 3 aromatic rings. The number of nitrogens with one attached hydrogen (secondary N) is 1. The first-order valence-corrected chi connectivity index (χ1v) is 8.33. The summed E-state index contributed by atoms with van der Waals surface area (Å²) in [6, 6.07) is 11.7. The molecule has 1 amide bonds. The summed E-state index contributed by atoms with van der Waals surface area (Å²) in [5, 5.41) is 7.22. The van der Waals surface area contributed by atoms with E-state index in [2.05, 4.69) is 15.4 Å². The molecule has 0 saturated heterocycles. The molecule has 1 atom stereocenters. The molecule has 0 aliphatic heterocycles. The zero-order valence-corrected chi connectivity index (χ0v) is 14.9. The Balaban J connectivity index is 1.88. The summed E-state index contributed by atoms with van der Waals surface area (Å²) in [4.78, 5) is 28.8. The van der Waals surface area contributed by atoms with Gasteiger partial charge in [0.25, 0.3) is 5.56 Å². The number of anilines is 1. The number of pyridine rings is 1. The zero-order chi connectivity index (χ0) is 18.7. The van der Waals surface area contributed by atoms with Gasteiger partial charge in [0.05, 0.1) is 5.69 Å². The lowest BCUT2D eigenvalue weighted by Crippen LogP contribution is -2.33. The van der Waals surface area contributed by atoms with Crippen molar-refractivity contribution in [3.05, 3.63) is 76.3 Å². The van der Waals surface area contributed by atoms with E-state index in [-0.39, 0.29) is 11.5 Å². The molecule has 0 saturated carbocycles. The maximum absolute atomic E-state index is 12.6. The zero-order valence-electron chi connectivity index (χ0n) is 14.9. The number of nitrogens with zero attached hydrogens (tertiary/aromatic N) is 3. The first-order chi connectivity index (χ1) is 12.4. The van der Waals surface area contributed by atoms with Crippen molar-refractivity contribution >= 4 is 11.6 Å². The highest BCUT2D eigenvalue weighted by Gasteiger charge is 2.18. The lowest BCUT2D eigenvalue weighted by molar-refractivity contribution is -0.119. The van der Waals surface area contributed by atoms with Gasteiger partial charge in [0.2, 0.25) is 5.91 Å². The molecule has 2 heterocycles. The molecule has 1 aromatic carbocycles. The molecule has 2 aromatic heterocycles. The van der Waals surface area contributed by atoms with Crippen LogP contribution >= 0.6 is 0 Å². The van der Waals surface area contributed by atoms with E-state index in [1.807, 2.05) is 32.0 Å². The summed E-state index contributed by atoms with van der Waals surface area (Å²) in [6.07, 6.45) is 3.31. The van der Waals surface area contributed by atoms with Gasteiger partial charge >= 0.3 is 0 Å². The summed E-state index contributed by atoms with van der Waals surface area (Å²) in [5.41, 5.74) is 3.93. The van der Waals surface area contributed by atoms with Crippen molar-refractivity contribution < 1.29 is 4.79 Å². The third-order valence-electron chi connectivity index (χ3n) is 4.04. The van der Waals surface area contributed by atoms with Crippen molar-refractivity contribution in [1.29, 1.82) is 0 Å². The van der Waals surface area contributed by atoms with Gasteiger partial charge < -0.3 is 5.32 Å². The molecule has 0 bridgehead atoms. The molecule has 6 heteroatoms. The van der Waals surface area contributed by atoms with Gasteiger partial charge in [-0.2, -0.15) is 5.10 Å². The highest BCUT2D eigenvalue weighted by molar-refractivity contribution is 5.93. The molecular formula is C20H20N4O2. The Bertz CT molecular complexity index is 976. The van der Waals surface area contributed by atoms with Crippen molar-refractivity contribution in [2.45, 2.75) is 26.8 Å². The van der Waals surface area contributed by atoms with Crippen LogP contribution in [0.3, 0.4) is 0 Å². The lowest BCUT2D eigenvalue weighted by atomic mass is 10.1. The topological polar surface area (TPSA) is 76.9 Å². The summed E-state index contributed by atoms with van der Waals surface area (Å²) < 4.78 is 1.20. The number of carbonyl (C=O) groups excluding carboxylic acids is 1. The monoisotopic (exact) mass is 348 g/mol. The molecule has 0 spiro atoms. The molecule has 1 unspecified atom stereocenters. The molecule has 26 heavy (non-hydrogen) atoms. The fourth-order valence-corrected chi connectivity index (χ4v) is 2.78. The highest BCUT2D eigenvalue weighted by Crippen LogP contribution is 2.17. The van der Waals surface area contributed by atoms with Crippen LogP contribution in [0.4, 0.5) is 5.69 Å². The largest absolute Gasteiger partial charge is 0.324 e. The minimum Gasteiger partial charge on any atom is -0.324 e. The highest BCUT2D eigenvalue weighted by atomic mass is 16.2. The Kier molecular flexibility index (Phi) is 4.93. The quantitative estimate of drug-likeness (QED) is 0.786. The number of benzene rings is 1. The standard InChI is InChI=1S/C20H20N4O2/c1-13-10-14(2)12-17(11-13)22-20(26)15(3)24-19(25)5-4-18(23-24)16-6-8-21-9-7-16/h4-12,15H,1-3H3,(H,22,26). The van der Waals surface area contributed by atoms with E-state index >= 15 is 0 Å². The molecule has 1 N–H and O–H groups in total. The lowest BCUT2D eigenvalue weighted by Gasteiger charge is -2.15. The van der Waals surface area contributed by atoms with Crippen molar-refractivity contribution in [2.75, 3.05) is 5.32 Å². The third-order valence-corrected chi connectivity index (χ3v) is 4.04. The fraction of sp³-hybridized carbons (Fsp3) is 0.200. The smallest absolute Gasteiger partial charge is 0.267 e. The van der Waals surface area contributed by atoms with E-state index in [4.69, 9.17) is 0 Å². The summed E-state index contributed by atoms with van der Waals surface area (Å²) in [7, 11) is 0. The second-order valence-electron chi connectivity index (χ2n) is 6.28. The average Bonchev–Trinajstić information content (AvgIpc) is 2.61. The minimum absolute atomic E-state index is 0.295.